The molecular weight excluding hydrogens is 358 g/mol. The number of Topliss-reactive ketones (excluding diaryl/α,β-unsaturated/α-hetero) is 1. The number of hydrogen-bond donors (Lipinski definition) is 2. The summed E-state index contributed by atoms with van der Waals surface area (Å²) in [6.45, 7) is 6.04. The van der Waals surface area contributed by atoms with Gasteiger partial charge < -0.3 is 27.9 Å². The average Bonchev–Trinajstić information content (AvgIpc) is 2.55. The molecule has 27 heavy (non-hydrogen) atoms. The van der Waals surface area contributed by atoms with Crippen LogP contribution in [0.1, 0.15) is 90.9 Å². The summed E-state index contributed by atoms with van der Waals surface area (Å²) in [5, 5.41) is 3.40. The SMILES string of the molecule is CCCCCCCCCCCCCC(=O)C(N)CNC(C)C[N+](C)(C)C.[Cl-]. The van der Waals surface area contributed by atoms with Gasteiger partial charge in [0.25, 0.3) is 0 Å². The second-order valence-electron chi connectivity index (χ2n) is 9.14. The first-order valence-corrected chi connectivity index (χ1v) is 11.1. The van der Waals surface area contributed by atoms with E-state index in [0.717, 1.165) is 17.4 Å². The molecule has 2 unspecified atom stereocenters. The van der Waals surface area contributed by atoms with Crippen molar-refractivity contribution >= 4 is 5.78 Å². The molecule has 0 amide bonds. The van der Waals surface area contributed by atoms with Crippen molar-refractivity contribution < 1.29 is 21.7 Å². The maximum Gasteiger partial charge on any atom is 0.150 e. The predicted molar refractivity (Wildman–Crippen MR) is 114 cm³/mol. The summed E-state index contributed by atoms with van der Waals surface area (Å²) >= 11 is 0. The van der Waals surface area contributed by atoms with E-state index in [-0.39, 0.29) is 24.2 Å². The molecule has 164 valence electrons. The maximum atomic E-state index is 12.1. The Labute approximate surface area is 176 Å². The predicted octanol–water partition coefficient (Wildman–Crippen LogP) is 1.27. The number of carbonyl (C=O) groups is 1. The van der Waals surface area contributed by atoms with E-state index in [4.69, 9.17) is 5.73 Å². The lowest BCUT2D eigenvalue weighted by molar-refractivity contribution is -0.871. The Kier molecular flexibility index (Phi) is 19.3. The van der Waals surface area contributed by atoms with Crippen LogP contribution in [-0.4, -0.2) is 56.6 Å². The highest BCUT2D eigenvalue weighted by Crippen LogP contribution is 2.12. The topological polar surface area (TPSA) is 55.1 Å². The Balaban J connectivity index is 0. The van der Waals surface area contributed by atoms with Gasteiger partial charge in [-0.25, -0.2) is 0 Å². The van der Waals surface area contributed by atoms with Gasteiger partial charge in [0.05, 0.1) is 39.8 Å². The number of likely N-dealkylation sites (N-methyl/N-ethyl adjacent to an activating group) is 1. The zero-order chi connectivity index (χ0) is 19.8. The molecule has 0 radical (unpaired) electrons. The quantitative estimate of drug-likeness (QED) is 0.267. The fraction of sp³-hybridized carbons (Fsp3) is 0.955. The van der Waals surface area contributed by atoms with E-state index >= 15 is 0 Å². The molecule has 2 atom stereocenters. The van der Waals surface area contributed by atoms with Crippen LogP contribution in [0.15, 0.2) is 0 Å². The molecular formula is C22H48ClN3O. The molecule has 0 heterocycles. The first-order chi connectivity index (χ1) is 12.3. The van der Waals surface area contributed by atoms with E-state index in [0.29, 0.717) is 19.0 Å². The van der Waals surface area contributed by atoms with Gasteiger partial charge in [0, 0.05) is 13.0 Å². The summed E-state index contributed by atoms with van der Waals surface area (Å²) in [5.74, 6) is 0.214. The fourth-order valence-electron chi connectivity index (χ4n) is 3.48. The van der Waals surface area contributed by atoms with Gasteiger partial charge in [0.2, 0.25) is 0 Å². The van der Waals surface area contributed by atoms with E-state index in [1.54, 1.807) is 0 Å². The van der Waals surface area contributed by atoms with Gasteiger partial charge in [-0.3, -0.25) is 4.79 Å². The van der Waals surface area contributed by atoms with Crippen LogP contribution >= 0.6 is 0 Å². The Hall–Kier alpha value is -0.160. The van der Waals surface area contributed by atoms with Crippen LogP contribution in [0.2, 0.25) is 0 Å². The van der Waals surface area contributed by atoms with E-state index in [2.05, 4.69) is 40.3 Å². The number of unbranched alkanes of at least 4 members (excludes halogenated alkanes) is 10. The lowest BCUT2D eigenvalue weighted by atomic mass is 10.0. The van der Waals surface area contributed by atoms with Gasteiger partial charge in [0.15, 0.2) is 5.78 Å². The number of carbonyl (C=O) groups excluding carboxylic acids is 1. The Morgan fingerprint density at radius 3 is 1.78 bits per heavy atom. The zero-order valence-electron chi connectivity index (χ0n) is 18.9. The van der Waals surface area contributed by atoms with Gasteiger partial charge in [0.1, 0.15) is 0 Å². The van der Waals surface area contributed by atoms with Crippen LogP contribution < -0.4 is 23.5 Å². The summed E-state index contributed by atoms with van der Waals surface area (Å²) in [6.07, 6.45) is 15.0. The molecule has 0 aliphatic rings. The molecule has 5 heteroatoms. The van der Waals surface area contributed by atoms with E-state index < -0.39 is 0 Å². The van der Waals surface area contributed by atoms with Crippen LogP contribution in [0.4, 0.5) is 0 Å². The highest BCUT2D eigenvalue weighted by molar-refractivity contribution is 5.83. The number of nitrogens with zero attached hydrogens (tertiary/aromatic N) is 1. The molecule has 0 saturated heterocycles. The second-order valence-corrected chi connectivity index (χ2v) is 9.14. The van der Waals surface area contributed by atoms with Crippen molar-refractivity contribution in [2.24, 2.45) is 5.73 Å². The van der Waals surface area contributed by atoms with Gasteiger partial charge in [-0.2, -0.15) is 0 Å². The molecule has 4 nitrogen and oxygen atoms in total. The summed E-state index contributed by atoms with van der Waals surface area (Å²) < 4.78 is 0.913. The number of halogens is 1. The number of rotatable bonds is 18. The number of ketones is 1. The second kappa shape index (κ2) is 17.9. The van der Waals surface area contributed by atoms with Crippen molar-refractivity contribution in [3.63, 3.8) is 0 Å². The van der Waals surface area contributed by atoms with E-state index in [1.807, 2.05) is 0 Å². The summed E-state index contributed by atoms with van der Waals surface area (Å²) in [7, 11) is 6.53. The van der Waals surface area contributed by atoms with Crippen LogP contribution in [0.3, 0.4) is 0 Å². The van der Waals surface area contributed by atoms with Crippen LogP contribution in [0.5, 0.6) is 0 Å². The smallest absolute Gasteiger partial charge is 0.150 e. The van der Waals surface area contributed by atoms with Crippen molar-refractivity contribution in [2.45, 2.75) is 103 Å². The first-order valence-electron chi connectivity index (χ1n) is 11.1. The third-order valence-electron chi connectivity index (χ3n) is 4.95. The monoisotopic (exact) mass is 405 g/mol. The molecule has 0 rings (SSSR count). The van der Waals surface area contributed by atoms with Crippen molar-refractivity contribution in [3.8, 4) is 0 Å². The largest absolute Gasteiger partial charge is 1.00 e. The van der Waals surface area contributed by atoms with E-state index in [9.17, 15) is 4.79 Å². The number of hydrogen-bond acceptors (Lipinski definition) is 3. The number of nitrogens with two attached hydrogens (primary N) is 1. The zero-order valence-corrected chi connectivity index (χ0v) is 19.6. The normalized spacial score (nSPS) is 13.9. The number of quaternary nitrogens is 1. The molecule has 0 saturated carbocycles. The minimum Gasteiger partial charge on any atom is -1.00 e. The van der Waals surface area contributed by atoms with Gasteiger partial charge in [-0.1, -0.05) is 71.1 Å². The molecule has 3 N–H and O–H groups in total. The molecule has 0 aromatic heterocycles. The Morgan fingerprint density at radius 1 is 0.889 bits per heavy atom. The van der Waals surface area contributed by atoms with Crippen molar-refractivity contribution in [1.29, 1.82) is 0 Å². The minimum atomic E-state index is -0.354. The first kappa shape index (κ1) is 29.0. The van der Waals surface area contributed by atoms with Gasteiger partial charge in [-0.05, 0) is 13.3 Å². The summed E-state index contributed by atoms with van der Waals surface area (Å²) in [4.78, 5) is 12.1. The number of nitrogens with one attached hydrogen (secondary N) is 1. The Bertz CT molecular complexity index is 345. The highest BCUT2D eigenvalue weighted by Gasteiger charge is 2.17. The van der Waals surface area contributed by atoms with Crippen LogP contribution in [-0.2, 0) is 4.79 Å². The van der Waals surface area contributed by atoms with E-state index in [1.165, 1.54) is 64.2 Å². The van der Waals surface area contributed by atoms with Crippen molar-refractivity contribution in [3.05, 3.63) is 0 Å². The molecule has 0 aliphatic heterocycles. The van der Waals surface area contributed by atoms with Gasteiger partial charge in [-0.15, -0.1) is 0 Å². The molecule has 0 aromatic rings. The summed E-state index contributed by atoms with van der Waals surface area (Å²) in [5.41, 5.74) is 6.04. The maximum absolute atomic E-state index is 12.1. The average molecular weight is 406 g/mol. The third kappa shape index (κ3) is 20.4. The summed E-state index contributed by atoms with van der Waals surface area (Å²) in [6, 6.07) is 0.0175. The third-order valence-corrected chi connectivity index (χ3v) is 4.95. The lowest BCUT2D eigenvalue weighted by Crippen LogP contribution is -3.00. The minimum absolute atomic E-state index is 0. The van der Waals surface area contributed by atoms with Crippen molar-refractivity contribution in [2.75, 3.05) is 34.2 Å². The fourth-order valence-corrected chi connectivity index (χ4v) is 3.48. The lowest BCUT2D eigenvalue weighted by Gasteiger charge is -2.28. The van der Waals surface area contributed by atoms with Crippen molar-refractivity contribution in [1.82, 2.24) is 5.32 Å². The molecule has 0 fully saturated rings. The van der Waals surface area contributed by atoms with Gasteiger partial charge >= 0.3 is 0 Å². The molecule has 0 bridgehead atoms. The Morgan fingerprint density at radius 2 is 1.33 bits per heavy atom. The van der Waals surface area contributed by atoms with Crippen LogP contribution in [0, 0.1) is 0 Å². The molecule has 0 spiro atoms. The molecule has 0 aliphatic carbocycles. The standard InChI is InChI=1S/C22H48N3O.ClH/c1-6-7-8-9-10-11-12-13-14-15-16-17-22(26)21(23)18-24-20(2)19-25(3,4)5;/h20-21,24H,6-19,23H2,1-5H3;1H/q+1;/p-1. The van der Waals surface area contributed by atoms with Crippen LogP contribution in [0.25, 0.3) is 0 Å². The highest BCUT2D eigenvalue weighted by atomic mass is 35.5. The molecule has 0 aromatic carbocycles.